The molecule has 0 bridgehead atoms. The lowest BCUT2D eigenvalue weighted by Crippen LogP contribution is -2.34. The van der Waals surface area contributed by atoms with E-state index in [0.717, 1.165) is 11.1 Å². The lowest BCUT2D eigenvalue weighted by molar-refractivity contribution is -0.121. The van der Waals surface area contributed by atoms with E-state index < -0.39 is 18.5 Å². The Morgan fingerprint density at radius 2 is 1.65 bits per heavy atom. The Morgan fingerprint density at radius 1 is 0.941 bits per heavy atom. The third-order valence-corrected chi connectivity index (χ3v) is 5.91. The van der Waals surface area contributed by atoms with Crippen molar-refractivity contribution in [3.8, 4) is 11.3 Å². The summed E-state index contributed by atoms with van der Waals surface area (Å²) in [5.41, 5.74) is 3.19. The molecule has 172 valence electrons. The highest BCUT2D eigenvalue weighted by atomic mass is 32.1. The van der Waals surface area contributed by atoms with E-state index in [9.17, 15) is 14.0 Å². The summed E-state index contributed by atoms with van der Waals surface area (Å²) < 4.78 is 18.5. The first kappa shape index (κ1) is 23.3. The van der Waals surface area contributed by atoms with Crippen LogP contribution in [0.5, 0.6) is 0 Å². The van der Waals surface area contributed by atoms with Crippen molar-refractivity contribution in [1.29, 1.82) is 0 Å². The summed E-state index contributed by atoms with van der Waals surface area (Å²) in [6.07, 6.45) is 0. The number of aliphatic hydroxyl groups excluding tert-OH is 1. The van der Waals surface area contributed by atoms with Gasteiger partial charge in [0, 0.05) is 10.9 Å². The van der Waals surface area contributed by atoms with Crippen molar-refractivity contribution in [1.82, 2.24) is 4.98 Å². The molecule has 0 fully saturated rings. The minimum absolute atomic E-state index is 0.129. The van der Waals surface area contributed by atoms with Gasteiger partial charge in [0.15, 0.2) is 11.7 Å². The zero-order chi connectivity index (χ0) is 23.9. The van der Waals surface area contributed by atoms with E-state index in [1.807, 2.05) is 30.3 Å². The maximum absolute atomic E-state index is 13.3. The van der Waals surface area contributed by atoms with Gasteiger partial charge in [-0.1, -0.05) is 42.5 Å². The first-order valence-electron chi connectivity index (χ1n) is 10.5. The van der Waals surface area contributed by atoms with Crippen LogP contribution in [0.25, 0.3) is 11.3 Å². The monoisotopic (exact) mass is 476 g/mol. The molecule has 3 aromatic carbocycles. The Morgan fingerprint density at radius 3 is 2.32 bits per heavy atom. The van der Waals surface area contributed by atoms with Crippen molar-refractivity contribution < 1.29 is 23.8 Å². The van der Waals surface area contributed by atoms with Crippen LogP contribution in [0.3, 0.4) is 0 Å². The number of rotatable bonds is 8. The molecule has 8 heteroatoms. The number of ether oxygens (including phenoxy) is 1. The molecule has 4 aromatic rings. The summed E-state index contributed by atoms with van der Waals surface area (Å²) >= 11 is 1.28. The van der Waals surface area contributed by atoms with Gasteiger partial charge < -0.3 is 9.84 Å². The van der Waals surface area contributed by atoms with Crippen molar-refractivity contribution in [2.45, 2.75) is 13.2 Å². The molecule has 1 heterocycles. The predicted molar refractivity (Wildman–Crippen MR) is 128 cm³/mol. The number of benzene rings is 3. The summed E-state index contributed by atoms with van der Waals surface area (Å²) in [6.45, 7) is -0.340. The van der Waals surface area contributed by atoms with Crippen LogP contribution >= 0.6 is 11.3 Å². The summed E-state index contributed by atoms with van der Waals surface area (Å²) in [7, 11) is 0. The van der Waals surface area contributed by atoms with Crippen LogP contribution in [0, 0.1) is 5.82 Å². The van der Waals surface area contributed by atoms with Gasteiger partial charge in [-0.25, -0.2) is 14.2 Å². The van der Waals surface area contributed by atoms with Gasteiger partial charge >= 0.3 is 5.97 Å². The molecule has 34 heavy (non-hydrogen) atoms. The van der Waals surface area contributed by atoms with E-state index in [2.05, 4.69) is 4.98 Å². The number of carbonyl (C=O) groups is 2. The lowest BCUT2D eigenvalue weighted by atomic mass is 10.1. The summed E-state index contributed by atoms with van der Waals surface area (Å²) in [6, 6.07) is 21.7. The number of aliphatic hydroxyl groups is 1. The van der Waals surface area contributed by atoms with Crippen molar-refractivity contribution in [3.63, 3.8) is 0 Å². The van der Waals surface area contributed by atoms with Crippen molar-refractivity contribution in [3.05, 3.63) is 107 Å². The molecular weight excluding hydrogens is 455 g/mol. The van der Waals surface area contributed by atoms with Gasteiger partial charge in [-0.15, -0.1) is 11.3 Å². The predicted octanol–water partition coefficient (Wildman–Crippen LogP) is 4.83. The van der Waals surface area contributed by atoms with E-state index in [1.165, 1.54) is 40.5 Å². The summed E-state index contributed by atoms with van der Waals surface area (Å²) in [4.78, 5) is 31.5. The van der Waals surface area contributed by atoms with Crippen LogP contribution in [-0.4, -0.2) is 28.6 Å². The second-order valence-corrected chi connectivity index (χ2v) is 8.26. The Balaban J connectivity index is 1.51. The molecule has 0 aliphatic heterocycles. The van der Waals surface area contributed by atoms with Crippen molar-refractivity contribution in [2.24, 2.45) is 0 Å². The molecule has 0 aliphatic carbocycles. The number of aromatic nitrogens is 1. The van der Waals surface area contributed by atoms with E-state index in [4.69, 9.17) is 9.84 Å². The second kappa shape index (κ2) is 10.8. The number of carbonyl (C=O) groups excluding carboxylic acids is 2. The smallest absolute Gasteiger partial charge is 0.338 e. The lowest BCUT2D eigenvalue weighted by Gasteiger charge is -2.20. The number of esters is 1. The Hall–Kier alpha value is -3.88. The second-order valence-electron chi connectivity index (χ2n) is 7.42. The fourth-order valence-electron chi connectivity index (χ4n) is 3.20. The molecule has 4 rings (SSSR count). The number of hydrogen-bond acceptors (Lipinski definition) is 6. The van der Waals surface area contributed by atoms with Gasteiger partial charge in [0.1, 0.15) is 5.82 Å². The third kappa shape index (κ3) is 5.72. The van der Waals surface area contributed by atoms with Crippen LogP contribution in [0.4, 0.5) is 9.52 Å². The highest BCUT2D eigenvalue weighted by molar-refractivity contribution is 7.14. The molecule has 0 saturated carbocycles. The van der Waals surface area contributed by atoms with Crippen LogP contribution < -0.4 is 4.90 Å². The number of hydrogen-bond donors (Lipinski definition) is 1. The molecule has 1 N–H and O–H groups in total. The molecule has 0 radical (unpaired) electrons. The molecular formula is C26H21FN2O4S. The van der Waals surface area contributed by atoms with Gasteiger partial charge in [0.2, 0.25) is 0 Å². The van der Waals surface area contributed by atoms with Crippen LogP contribution in [0.1, 0.15) is 21.5 Å². The van der Waals surface area contributed by atoms with Crippen molar-refractivity contribution >= 4 is 28.3 Å². The Labute approximate surface area is 199 Å². The SMILES string of the molecule is O=C(OCC(=O)N(Cc1ccccc1)c1nc(-c2ccc(F)cc2)cs1)c1ccc(CO)cc1. The quantitative estimate of drug-likeness (QED) is 0.369. The summed E-state index contributed by atoms with van der Waals surface area (Å²) in [5.74, 6) is -1.40. The average Bonchev–Trinajstić information content (AvgIpc) is 3.36. The van der Waals surface area contributed by atoms with Gasteiger partial charge in [0.05, 0.1) is 24.4 Å². The topological polar surface area (TPSA) is 79.7 Å². The highest BCUT2D eigenvalue weighted by Gasteiger charge is 2.22. The molecule has 6 nitrogen and oxygen atoms in total. The van der Waals surface area contributed by atoms with Crippen LogP contribution in [0.2, 0.25) is 0 Å². The summed E-state index contributed by atoms with van der Waals surface area (Å²) in [5, 5.41) is 11.4. The minimum atomic E-state index is -0.636. The fraction of sp³-hybridized carbons (Fsp3) is 0.115. The zero-order valence-electron chi connectivity index (χ0n) is 18.1. The van der Waals surface area contributed by atoms with Gasteiger partial charge in [-0.2, -0.15) is 0 Å². The standard InChI is InChI=1S/C26H21FN2O4S/c27-22-12-10-20(11-13-22)23-17-34-26(28-23)29(14-18-4-2-1-3-5-18)24(31)16-33-25(32)21-8-6-19(15-30)7-9-21/h1-13,17,30H,14-16H2. The molecule has 1 aromatic heterocycles. The average molecular weight is 477 g/mol. The number of nitrogens with zero attached hydrogens (tertiary/aromatic N) is 2. The molecule has 0 unspecified atom stereocenters. The number of anilines is 1. The minimum Gasteiger partial charge on any atom is -0.452 e. The van der Waals surface area contributed by atoms with Gasteiger partial charge in [-0.05, 0) is 47.5 Å². The van der Waals surface area contributed by atoms with Gasteiger partial charge in [-0.3, -0.25) is 9.69 Å². The number of halogens is 1. The maximum Gasteiger partial charge on any atom is 0.338 e. The molecule has 0 spiro atoms. The van der Waals surface area contributed by atoms with Crippen molar-refractivity contribution in [2.75, 3.05) is 11.5 Å². The fourth-order valence-corrected chi connectivity index (χ4v) is 4.06. The van der Waals surface area contributed by atoms with Gasteiger partial charge in [0.25, 0.3) is 5.91 Å². The highest BCUT2D eigenvalue weighted by Crippen LogP contribution is 2.29. The van der Waals surface area contributed by atoms with E-state index in [1.54, 1.807) is 29.6 Å². The first-order chi connectivity index (χ1) is 16.5. The number of thiazole rings is 1. The van der Waals surface area contributed by atoms with E-state index >= 15 is 0 Å². The Bertz CT molecular complexity index is 1260. The molecule has 0 saturated heterocycles. The van der Waals surface area contributed by atoms with Crippen LogP contribution in [-0.2, 0) is 22.7 Å². The third-order valence-electron chi connectivity index (χ3n) is 5.05. The Kier molecular flexibility index (Phi) is 7.41. The normalized spacial score (nSPS) is 10.6. The number of amides is 1. The maximum atomic E-state index is 13.3. The molecule has 0 atom stereocenters. The largest absolute Gasteiger partial charge is 0.452 e. The van der Waals surface area contributed by atoms with Crippen LogP contribution in [0.15, 0.2) is 84.2 Å². The van der Waals surface area contributed by atoms with E-state index in [0.29, 0.717) is 16.4 Å². The molecule has 1 amide bonds. The van der Waals surface area contributed by atoms with E-state index in [-0.39, 0.29) is 24.5 Å². The first-order valence-corrected chi connectivity index (χ1v) is 11.3. The zero-order valence-corrected chi connectivity index (χ0v) is 18.9. The molecule has 0 aliphatic rings.